The third-order valence-corrected chi connectivity index (χ3v) is 5.99. The zero-order valence-electron chi connectivity index (χ0n) is 19.8. The second-order valence-electron chi connectivity index (χ2n) is 8.36. The molecular formula is C29H26N4O3. The highest BCUT2D eigenvalue weighted by atomic mass is 16.5. The fraction of sp³-hybridized carbons (Fsp3) is 0.138. The van der Waals surface area contributed by atoms with E-state index in [4.69, 9.17) is 4.74 Å². The Morgan fingerprint density at radius 2 is 1.83 bits per heavy atom. The minimum absolute atomic E-state index is 0.0855. The number of nitrogens with one attached hydrogen (secondary N) is 2. The van der Waals surface area contributed by atoms with Crippen LogP contribution in [0.25, 0.3) is 0 Å². The van der Waals surface area contributed by atoms with Gasteiger partial charge in [-0.2, -0.15) is 0 Å². The molecule has 0 fully saturated rings. The molecular weight excluding hydrogens is 452 g/mol. The molecule has 1 aliphatic heterocycles. The number of carbonyl (C=O) groups excluding carboxylic acids is 2. The van der Waals surface area contributed by atoms with Crippen LogP contribution in [-0.4, -0.2) is 23.4 Å². The van der Waals surface area contributed by atoms with Crippen molar-refractivity contribution in [1.82, 2.24) is 10.3 Å². The smallest absolute Gasteiger partial charge is 0.260 e. The molecule has 0 radical (unpaired) electrons. The second kappa shape index (κ2) is 10.3. The highest BCUT2D eigenvalue weighted by molar-refractivity contribution is 6.11. The Morgan fingerprint density at radius 3 is 2.61 bits per heavy atom. The molecule has 0 saturated heterocycles. The molecule has 3 aromatic carbocycles. The number of fused-ring (bicyclic) bond motifs is 1. The van der Waals surface area contributed by atoms with E-state index in [1.807, 2.05) is 79.7 Å². The lowest BCUT2D eigenvalue weighted by molar-refractivity contribution is 0.0949. The van der Waals surface area contributed by atoms with Gasteiger partial charge in [-0.25, -0.2) is 0 Å². The van der Waals surface area contributed by atoms with Crippen molar-refractivity contribution in [2.45, 2.75) is 19.6 Å². The molecule has 1 unspecified atom stereocenters. The molecule has 36 heavy (non-hydrogen) atoms. The van der Waals surface area contributed by atoms with Gasteiger partial charge in [0.15, 0.2) is 0 Å². The molecule has 0 bridgehead atoms. The van der Waals surface area contributed by atoms with Gasteiger partial charge < -0.3 is 15.4 Å². The predicted octanol–water partition coefficient (Wildman–Crippen LogP) is 5.18. The molecule has 0 saturated carbocycles. The van der Waals surface area contributed by atoms with Gasteiger partial charge >= 0.3 is 0 Å². The van der Waals surface area contributed by atoms with Gasteiger partial charge in [0.1, 0.15) is 11.9 Å². The Hall–Kier alpha value is -4.65. The Bertz CT molecular complexity index is 1370. The summed E-state index contributed by atoms with van der Waals surface area (Å²) in [5.41, 5.74) is 4.45. The summed E-state index contributed by atoms with van der Waals surface area (Å²) in [5.74, 6) is 0.478. The van der Waals surface area contributed by atoms with Crippen molar-refractivity contribution in [1.29, 1.82) is 0 Å². The maximum Gasteiger partial charge on any atom is 0.260 e. The molecule has 5 rings (SSSR count). The van der Waals surface area contributed by atoms with Crippen LogP contribution in [0.2, 0.25) is 0 Å². The normalized spacial score (nSPS) is 14.3. The first-order valence-electron chi connectivity index (χ1n) is 11.8. The van der Waals surface area contributed by atoms with Crippen LogP contribution < -0.4 is 20.3 Å². The molecule has 1 atom stereocenters. The fourth-order valence-corrected chi connectivity index (χ4v) is 4.29. The van der Waals surface area contributed by atoms with Gasteiger partial charge in [-0.05, 0) is 67.1 Å². The van der Waals surface area contributed by atoms with Crippen molar-refractivity contribution < 1.29 is 14.3 Å². The number of benzene rings is 3. The Kier molecular flexibility index (Phi) is 6.62. The fourth-order valence-electron chi connectivity index (χ4n) is 4.29. The van der Waals surface area contributed by atoms with Gasteiger partial charge in [-0.1, -0.05) is 30.3 Å². The van der Waals surface area contributed by atoms with E-state index in [1.54, 1.807) is 29.4 Å². The topological polar surface area (TPSA) is 83.6 Å². The first-order valence-corrected chi connectivity index (χ1v) is 11.8. The van der Waals surface area contributed by atoms with Crippen molar-refractivity contribution >= 4 is 23.2 Å². The molecule has 4 aromatic rings. The average molecular weight is 479 g/mol. The Labute approximate surface area is 209 Å². The van der Waals surface area contributed by atoms with E-state index < -0.39 is 6.17 Å². The number of ether oxygens (including phenoxy) is 1. The Balaban J connectivity index is 1.39. The van der Waals surface area contributed by atoms with Gasteiger partial charge in [-0.3, -0.25) is 19.5 Å². The van der Waals surface area contributed by atoms with E-state index in [-0.39, 0.29) is 11.8 Å². The molecule has 7 heteroatoms. The third-order valence-electron chi connectivity index (χ3n) is 5.99. The van der Waals surface area contributed by atoms with Crippen LogP contribution in [0.3, 0.4) is 0 Å². The van der Waals surface area contributed by atoms with E-state index in [1.165, 1.54) is 0 Å². The molecule has 2 amide bonds. The molecule has 2 N–H and O–H groups in total. The van der Waals surface area contributed by atoms with Gasteiger partial charge in [0.25, 0.3) is 11.8 Å². The Morgan fingerprint density at radius 1 is 1.00 bits per heavy atom. The van der Waals surface area contributed by atoms with Crippen molar-refractivity contribution in [3.8, 4) is 5.75 Å². The molecule has 0 aliphatic carbocycles. The minimum Gasteiger partial charge on any atom is -0.494 e. The van der Waals surface area contributed by atoms with E-state index >= 15 is 0 Å². The van der Waals surface area contributed by atoms with Crippen LogP contribution in [0.5, 0.6) is 5.75 Å². The summed E-state index contributed by atoms with van der Waals surface area (Å²) in [6.45, 7) is 2.89. The third kappa shape index (κ3) is 4.77. The monoisotopic (exact) mass is 478 g/mol. The van der Waals surface area contributed by atoms with Crippen LogP contribution in [0.4, 0.5) is 11.4 Å². The lowest BCUT2D eigenvalue weighted by atomic mass is 10.1. The van der Waals surface area contributed by atoms with Gasteiger partial charge in [0.2, 0.25) is 0 Å². The molecule has 7 nitrogen and oxygen atoms in total. The van der Waals surface area contributed by atoms with Gasteiger partial charge in [0, 0.05) is 47.0 Å². The van der Waals surface area contributed by atoms with Crippen molar-refractivity contribution in [3.63, 3.8) is 0 Å². The lowest BCUT2D eigenvalue weighted by Crippen LogP contribution is -2.32. The summed E-state index contributed by atoms with van der Waals surface area (Å²) >= 11 is 0. The van der Waals surface area contributed by atoms with Crippen molar-refractivity contribution in [2.75, 3.05) is 16.8 Å². The number of amides is 2. The first-order chi connectivity index (χ1) is 17.6. The molecule has 0 spiro atoms. The second-order valence-corrected chi connectivity index (χ2v) is 8.36. The number of carbonyl (C=O) groups is 2. The summed E-state index contributed by atoms with van der Waals surface area (Å²) in [6, 6.07) is 26.1. The van der Waals surface area contributed by atoms with E-state index in [2.05, 4.69) is 15.6 Å². The van der Waals surface area contributed by atoms with Crippen LogP contribution in [-0.2, 0) is 6.54 Å². The summed E-state index contributed by atoms with van der Waals surface area (Å²) in [6.07, 6.45) is 2.99. The summed E-state index contributed by atoms with van der Waals surface area (Å²) in [7, 11) is 0. The number of anilines is 2. The van der Waals surface area contributed by atoms with E-state index in [0.29, 0.717) is 24.3 Å². The maximum atomic E-state index is 13.4. The number of hydrogen-bond acceptors (Lipinski definition) is 5. The number of rotatable bonds is 8. The molecule has 1 aromatic heterocycles. The highest BCUT2D eigenvalue weighted by Crippen LogP contribution is 2.38. The average Bonchev–Trinajstić information content (AvgIpc) is 3.20. The zero-order chi connectivity index (χ0) is 24.9. The number of aromatic nitrogens is 1. The van der Waals surface area contributed by atoms with Crippen molar-refractivity contribution in [2.24, 2.45) is 0 Å². The van der Waals surface area contributed by atoms with Crippen LogP contribution in [0.15, 0.2) is 97.3 Å². The molecule has 2 heterocycles. The van der Waals surface area contributed by atoms with Gasteiger partial charge in [-0.15, -0.1) is 0 Å². The summed E-state index contributed by atoms with van der Waals surface area (Å²) < 4.78 is 5.56. The van der Waals surface area contributed by atoms with E-state index in [9.17, 15) is 9.59 Å². The quantitative estimate of drug-likeness (QED) is 0.365. The van der Waals surface area contributed by atoms with Crippen LogP contribution in [0.1, 0.15) is 44.9 Å². The highest BCUT2D eigenvalue weighted by Gasteiger charge is 2.37. The van der Waals surface area contributed by atoms with Crippen LogP contribution >= 0.6 is 0 Å². The SMILES string of the molecule is CCOc1ccc(N2C(=O)c3ccccc3C2Nc2cccc(C(=O)NCc3cccnc3)c2)cc1. The van der Waals surface area contributed by atoms with Gasteiger partial charge in [0.05, 0.1) is 6.61 Å². The largest absolute Gasteiger partial charge is 0.494 e. The minimum atomic E-state index is -0.430. The number of pyridine rings is 1. The lowest BCUT2D eigenvalue weighted by Gasteiger charge is -2.27. The van der Waals surface area contributed by atoms with Crippen molar-refractivity contribution in [3.05, 3.63) is 120 Å². The maximum absolute atomic E-state index is 13.4. The molecule has 1 aliphatic rings. The number of hydrogen-bond donors (Lipinski definition) is 2. The number of nitrogens with zero attached hydrogens (tertiary/aromatic N) is 2. The summed E-state index contributed by atoms with van der Waals surface area (Å²) in [5, 5.41) is 6.39. The first kappa shape index (κ1) is 23.1. The zero-order valence-corrected chi connectivity index (χ0v) is 19.8. The summed E-state index contributed by atoms with van der Waals surface area (Å²) in [4.78, 5) is 32.0. The predicted molar refractivity (Wildman–Crippen MR) is 139 cm³/mol. The molecule has 180 valence electrons. The van der Waals surface area contributed by atoms with E-state index in [0.717, 1.165) is 28.3 Å². The van der Waals surface area contributed by atoms with Crippen LogP contribution in [0, 0.1) is 0 Å². The standard InChI is InChI=1S/C29H26N4O3/c1-2-36-24-14-12-23(13-15-24)33-27(25-10-3-4-11-26(25)29(33)35)32-22-9-5-8-21(17-22)28(34)31-19-20-7-6-16-30-18-20/h3-18,27,32H,2,19H2,1H3,(H,31,34).